The van der Waals surface area contributed by atoms with E-state index in [1.54, 1.807) is 0 Å². The Bertz CT molecular complexity index is 262. The van der Waals surface area contributed by atoms with E-state index in [1.807, 2.05) is 0 Å². The van der Waals surface area contributed by atoms with Crippen LogP contribution in [-0.4, -0.2) is 35.2 Å². The quantitative estimate of drug-likeness (QED) is 0.834. The fourth-order valence-corrected chi connectivity index (χ4v) is 4.46. The van der Waals surface area contributed by atoms with Gasteiger partial charge in [-0.05, 0) is 55.9 Å². The van der Waals surface area contributed by atoms with Gasteiger partial charge in [0.2, 0.25) is 0 Å². The van der Waals surface area contributed by atoms with E-state index in [0.29, 0.717) is 23.3 Å². The van der Waals surface area contributed by atoms with E-state index in [1.165, 1.54) is 38.8 Å². The first-order chi connectivity index (χ1) is 8.51. The number of nitrogens with zero attached hydrogens (tertiary/aromatic N) is 1. The summed E-state index contributed by atoms with van der Waals surface area (Å²) < 4.78 is 0. The Kier molecular flexibility index (Phi) is 4.38. The summed E-state index contributed by atoms with van der Waals surface area (Å²) in [5.41, 5.74) is 0.530. The van der Waals surface area contributed by atoms with Gasteiger partial charge < -0.3 is 5.11 Å². The normalized spacial score (nSPS) is 41.2. The Hall–Kier alpha value is -0.0800. The molecule has 1 heterocycles. The first-order valence-corrected chi connectivity index (χ1v) is 7.93. The van der Waals surface area contributed by atoms with Crippen LogP contribution >= 0.6 is 0 Å². The second kappa shape index (κ2) is 5.50. The Balaban J connectivity index is 2.04. The van der Waals surface area contributed by atoms with E-state index < -0.39 is 0 Å². The molecule has 18 heavy (non-hydrogen) atoms. The fraction of sp³-hybridized carbons (Fsp3) is 1.00. The number of aliphatic hydroxyl groups is 1. The van der Waals surface area contributed by atoms with E-state index in [9.17, 15) is 5.11 Å². The smallest absolute Gasteiger partial charge is 0.0700 e. The first-order valence-electron chi connectivity index (χ1n) is 7.93. The van der Waals surface area contributed by atoms with Crippen LogP contribution in [0.25, 0.3) is 0 Å². The zero-order valence-electron chi connectivity index (χ0n) is 12.7. The summed E-state index contributed by atoms with van der Waals surface area (Å²) in [7, 11) is 0. The lowest BCUT2D eigenvalue weighted by Gasteiger charge is -2.43. The van der Waals surface area contributed by atoms with Crippen molar-refractivity contribution in [1.82, 2.24) is 4.90 Å². The molecule has 0 bridgehead atoms. The van der Waals surface area contributed by atoms with Crippen LogP contribution in [0, 0.1) is 17.3 Å². The van der Waals surface area contributed by atoms with Crippen molar-refractivity contribution in [2.75, 3.05) is 13.1 Å². The van der Waals surface area contributed by atoms with Crippen molar-refractivity contribution in [3.8, 4) is 0 Å². The first kappa shape index (κ1) is 14.3. The second-order valence-electron chi connectivity index (χ2n) is 7.04. The van der Waals surface area contributed by atoms with Gasteiger partial charge in [0.25, 0.3) is 0 Å². The van der Waals surface area contributed by atoms with Crippen molar-refractivity contribution in [3.05, 3.63) is 0 Å². The Morgan fingerprint density at radius 2 is 1.83 bits per heavy atom. The van der Waals surface area contributed by atoms with Crippen molar-refractivity contribution in [2.24, 2.45) is 17.3 Å². The largest absolute Gasteiger partial charge is 0.391 e. The molecular formula is C16H31NO. The van der Waals surface area contributed by atoms with Gasteiger partial charge in [-0.1, -0.05) is 27.7 Å². The minimum atomic E-state index is -0.103. The molecule has 0 aromatic rings. The maximum atomic E-state index is 10.4. The van der Waals surface area contributed by atoms with Crippen molar-refractivity contribution in [2.45, 2.75) is 71.9 Å². The van der Waals surface area contributed by atoms with E-state index in [0.717, 1.165) is 6.42 Å². The monoisotopic (exact) mass is 253 g/mol. The van der Waals surface area contributed by atoms with Crippen LogP contribution in [0.4, 0.5) is 0 Å². The Morgan fingerprint density at radius 1 is 1.17 bits per heavy atom. The van der Waals surface area contributed by atoms with Gasteiger partial charge in [-0.3, -0.25) is 4.90 Å². The highest BCUT2D eigenvalue weighted by Gasteiger charge is 2.43. The molecule has 2 rings (SSSR count). The molecule has 2 heteroatoms. The lowest BCUT2D eigenvalue weighted by Crippen LogP contribution is -2.50. The van der Waals surface area contributed by atoms with Gasteiger partial charge in [0.05, 0.1) is 6.10 Å². The summed E-state index contributed by atoms with van der Waals surface area (Å²) in [4.78, 5) is 2.61. The molecule has 1 saturated heterocycles. The van der Waals surface area contributed by atoms with Crippen LogP contribution in [0.3, 0.4) is 0 Å². The summed E-state index contributed by atoms with van der Waals surface area (Å²) in [6.07, 6.45) is 6.07. The molecule has 0 spiro atoms. The Labute approximate surface area is 113 Å². The highest BCUT2D eigenvalue weighted by molar-refractivity contribution is 4.96. The van der Waals surface area contributed by atoms with Gasteiger partial charge in [0.15, 0.2) is 0 Å². The number of hydrogen-bond donors (Lipinski definition) is 1. The third-order valence-corrected chi connectivity index (χ3v) is 5.78. The molecule has 1 aliphatic carbocycles. The number of rotatable bonds is 3. The van der Waals surface area contributed by atoms with Crippen LogP contribution in [0.5, 0.6) is 0 Å². The highest BCUT2D eigenvalue weighted by Crippen LogP contribution is 2.41. The van der Waals surface area contributed by atoms with Gasteiger partial charge in [0, 0.05) is 12.6 Å². The molecule has 1 N–H and O–H groups in total. The molecule has 2 aliphatic rings. The van der Waals surface area contributed by atoms with Crippen molar-refractivity contribution in [3.63, 3.8) is 0 Å². The molecule has 0 radical (unpaired) electrons. The second-order valence-corrected chi connectivity index (χ2v) is 7.04. The summed E-state index contributed by atoms with van der Waals surface area (Å²) in [5.74, 6) is 1.34. The topological polar surface area (TPSA) is 23.5 Å². The van der Waals surface area contributed by atoms with Crippen molar-refractivity contribution >= 4 is 0 Å². The van der Waals surface area contributed by atoms with Gasteiger partial charge in [-0.25, -0.2) is 0 Å². The van der Waals surface area contributed by atoms with Gasteiger partial charge in [0.1, 0.15) is 0 Å². The predicted octanol–water partition coefficient (Wildman–Crippen LogP) is 3.29. The van der Waals surface area contributed by atoms with Crippen LogP contribution in [0.15, 0.2) is 0 Å². The zero-order valence-corrected chi connectivity index (χ0v) is 12.7. The maximum Gasteiger partial charge on any atom is 0.0700 e. The summed E-state index contributed by atoms with van der Waals surface area (Å²) in [5, 5.41) is 10.4. The van der Waals surface area contributed by atoms with E-state index in [-0.39, 0.29) is 6.10 Å². The average molecular weight is 253 g/mol. The van der Waals surface area contributed by atoms with Gasteiger partial charge >= 0.3 is 0 Å². The molecule has 4 unspecified atom stereocenters. The molecule has 2 fully saturated rings. The van der Waals surface area contributed by atoms with Gasteiger partial charge in [-0.15, -0.1) is 0 Å². The molecule has 2 nitrogen and oxygen atoms in total. The van der Waals surface area contributed by atoms with E-state index in [2.05, 4.69) is 32.6 Å². The van der Waals surface area contributed by atoms with E-state index in [4.69, 9.17) is 0 Å². The third kappa shape index (κ3) is 2.60. The lowest BCUT2D eigenvalue weighted by molar-refractivity contribution is -0.0196. The Morgan fingerprint density at radius 3 is 2.33 bits per heavy atom. The van der Waals surface area contributed by atoms with Crippen LogP contribution in [0.1, 0.15) is 59.8 Å². The minimum absolute atomic E-state index is 0.103. The molecular weight excluding hydrogens is 222 g/mol. The molecule has 0 aromatic heterocycles. The maximum absolute atomic E-state index is 10.4. The fourth-order valence-electron chi connectivity index (χ4n) is 4.46. The van der Waals surface area contributed by atoms with E-state index >= 15 is 0 Å². The number of hydrogen-bond acceptors (Lipinski definition) is 2. The predicted molar refractivity (Wildman–Crippen MR) is 76.6 cm³/mol. The molecule has 1 aliphatic heterocycles. The SMILES string of the molecule is CCC1(CC)CCN(C2C(C)CC(C)CC2O)C1. The molecule has 0 amide bonds. The third-order valence-electron chi connectivity index (χ3n) is 5.78. The molecule has 0 aromatic carbocycles. The molecule has 106 valence electrons. The average Bonchev–Trinajstić information content (AvgIpc) is 2.73. The van der Waals surface area contributed by atoms with Crippen LogP contribution < -0.4 is 0 Å². The summed E-state index contributed by atoms with van der Waals surface area (Å²) >= 11 is 0. The molecule has 4 atom stereocenters. The zero-order chi connectivity index (χ0) is 13.3. The highest BCUT2D eigenvalue weighted by atomic mass is 16.3. The lowest BCUT2D eigenvalue weighted by atomic mass is 9.77. The summed E-state index contributed by atoms with van der Waals surface area (Å²) in [6, 6.07) is 0.418. The van der Waals surface area contributed by atoms with Crippen LogP contribution in [-0.2, 0) is 0 Å². The number of aliphatic hydroxyl groups excluding tert-OH is 1. The standard InChI is InChI=1S/C16H31NO/c1-5-16(6-2)7-8-17(11-16)15-13(4)9-12(3)10-14(15)18/h12-15,18H,5-11H2,1-4H3. The van der Waals surface area contributed by atoms with Crippen molar-refractivity contribution < 1.29 is 5.11 Å². The molecule has 1 saturated carbocycles. The minimum Gasteiger partial charge on any atom is -0.391 e. The summed E-state index contributed by atoms with van der Waals surface area (Å²) in [6.45, 7) is 11.7. The van der Waals surface area contributed by atoms with Crippen LogP contribution in [0.2, 0.25) is 0 Å². The van der Waals surface area contributed by atoms with Gasteiger partial charge in [-0.2, -0.15) is 0 Å². The van der Waals surface area contributed by atoms with Crippen molar-refractivity contribution in [1.29, 1.82) is 0 Å². The number of likely N-dealkylation sites (tertiary alicyclic amines) is 1.